The number of allylic oxidation sites excluding steroid dienone is 2. The minimum Gasteiger partial charge on any atom is -0.493 e. The number of benzene rings is 1. The number of morpholine rings is 1. The average molecular weight is 513 g/mol. The summed E-state index contributed by atoms with van der Waals surface area (Å²) in [6.07, 6.45) is 6.06. The first kappa shape index (κ1) is 25.7. The summed E-state index contributed by atoms with van der Waals surface area (Å²) in [6.45, 7) is 8.87. The molecular weight excluding hydrogens is 475 g/mol. The summed E-state index contributed by atoms with van der Waals surface area (Å²) in [6, 6.07) is 5.74. The maximum absolute atomic E-state index is 15.0. The van der Waals surface area contributed by atoms with E-state index in [-0.39, 0.29) is 23.6 Å². The van der Waals surface area contributed by atoms with Gasteiger partial charge >= 0.3 is 6.01 Å². The molecule has 0 bridgehead atoms. The molecule has 3 heterocycles. The molecule has 1 atom stereocenters. The minimum absolute atomic E-state index is 0.0176. The van der Waals surface area contributed by atoms with E-state index in [0.717, 1.165) is 43.7 Å². The summed E-state index contributed by atoms with van der Waals surface area (Å²) in [5.74, 6) is 1.84. The van der Waals surface area contributed by atoms with Crippen molar-refractivity contribution in [1.29, 1.82) is 0 Å². The molecule has 1 aromatic heterocycles. The molecule has 1 unspecified atom stereocenters. The number of carbonyl (C=O) groups excluding carboxylic acids is 1. The number of amides is 1. The summed E-state index contributed by atoms with van der Waals surface area (Å²) in [5, 5.41) is 4.05. The van der Waals surface area contributed by atoms with Gasteiger partial charge in [-0.3, -0.25) is 4.79 Å². The van der Waals surface area contributed by atoms with Crippen molar-refractivity contribution in [1.82, 2.24) is 15.0 Å². The number of rotatable bonds is 7. The zero-order valence-corrected chi connectivity index (χ0v) is 21.8. The van der Waals surface area contributed by atoms with Crippen molar-refractivity contribution in [3.63, 3.8) is 0 Å². The van der Waals surface area contributed by atoms with Gasteiger partial charge in [0.25, 0.3) is 0 Å². The van der Waals surface area contributed by atoms with Crippen molar-refractivity contribution in [2.45, 2.75) is 51.9 Å². The highest BCUT2D eigenvalue weighted by Crippen LogP contribution is 2.34. The topological polar surface area (TPSA) is 80.9 Å². The number of nitrogens with zero attached hydrogens (tertiary/aromatic N) is 4. The lowest BCUT2D eigenvalue weighted by molar-refractivity contribution is -0.139. The Morgan fingerprint density at radius 2 is 1.95 bits per heavy atom. The normalized spacial score (nSPS) is 21.3. The molecule has 2 aromatic rings. The van der Waals surface area contributed by atoms with E-state index < -0.39 is 0 Å². The molecule has 2 saturated heterocycles. The quantitative estimate of drug-likeness (QED) is 0.533. The number of hydrogen-bond donors (Lipinski definition) is 0. The van der Waals surface area contributed by atoms with Crippen LogP contribution in [0.5, 0.6) is 5.75 Å². The van der Waals surface area contributed by atoms with Crippen molar-refractivity contribution in [2.24, 2.45) is 11.8 Å². The predicted octanol–water partition coefficient (Wildman–Crippen LogP) is 4.67. The Morgan fingerprint density at radius 3 is 2.59 bits per heavy atom. The highest BCUT2D eigenvalue weighted by Gasteiger charge is 2.28. The fourth-order valence-electron chi connectivity index (χ4n) is 5.29. The van der Waals surface area contributed by atoms with Crippen molar-refractivity contribution in [3.8, 4) is 5.75 Å². The molecule has 9 heteroatoms. The number of anilines is 1. The van der Waals surface area contributed by atoms with Crippen LogP contribution in [0.3, 0.4) is 0 Å². The SMILES string of the molecule is CC(C)c1noc(N2CCC(COc3ccc(C4=CCC(C(=O)N5CCOCC5)CC4)c(F)c3)CC2)n1. The van der Waals surface area contributed by atoms with E-state index in [1.165, 1.54) is 6.07 Å². The lowest BCUT2D eigenvalue weighted by Gasteiger charge is -2.31. The minimum atomic E-state index is -0.270. The zero-order valence-electron chi connectivity index (χ0n) is 21.8. The predicted molar refractivity (Wildman–Crippen MR) is 138 cm³/mol. The molecule has 1 amide bonds. The van der Waals surface area contributed by atoms with Gasteiger partial charge in [0.05, 0.1) is 19.8 Å². The molecule has 2 aliphatic heterocycles. The number of ether oxygens (including phenoxy) is 2. The Bertz CT molecular complexity index is 1100. The van der Waals surface area contributed by atoms with E-state index in [1.807, 2.05) is 37.0 Å². The molecule has 37 heavy (non-hydrogen) atoms. The first-order valence-electron chi connectivity index (χ1n) is 13.5. The molecule has 2 fully saturated rings. The fourth-order valence-corrected chi connectivity index (χ4v) is 5.29. The molecule has 0 saturated carbocycles. The first-order chi connectivity index (χ1) is 18.0. The second-order valence-electron chi connectivity index (χ2n) is 10.6. The van der Waals surface area contributed by atoms with Crippen LogP contribution in [0, 0.1) is 17.7 Å². The Hall–Kier alpha value is -2.94. The van der Waals surface area contributed by atoms with Crippen molar-refractivity contribution in [3.05, 3.63) is 41.5 Å². The van der Waals surface area contributed by atoms with Crippen LogP contribution in [-0.4, -0.2) is 66.9 Å². The van der Waals surface area contributed by atoms with Gasteiger partial charge in [-0.2, -0.15) is 4.98 Å². The maximum atomic E-state index is 15.0. The lowest BCUT2D eigenvalue weighted by atomic mass is 9.85. The second-order valence-corrected chi connectivity index (χ2v) is 10.6. The van der Waals surface area contributed by atoms with Crippen LogP contribution in [0.25, 0.3) is 5.57 Å². The molecule has 0 spiro atoms. The second kappa shape index (κ2) is 11.6. The largest absolute Gasteiger partial charge is 0.493 e. The van der Waals surface area contributed by atoms with E-state index in [0.29, 0.717) is 69.0 Å². The maximum Gasteiger partial charge on any atom is 0.324 e. The molecule has 0 N–H and O–H groups in total. The Kier molecular flexibility index (Phi) is 8.08. The Balaban J connectivity index is 1.10. The number of carbonyl (C=O) groups is 1. The van der Waals surface area contributed by atoms with Crippen LogP contribution in [0.4, 0.5) is 10.4 Å². The molecule has 8 nitrogen and oxygen atoms in total. The summed E-state index contributed by atoms with van der Waals surface area (Å²) < 4.78 is 31.7. The summed E-state index contributed by atoms with van der Waals surface area (Å²) in [7, 11) is 0. The smallest absolute Gasteiger partial charge is 0.324 e. The molecule has 200 valence electrons. The number of piperidine rings is 1. The van der Waals surface area contributed by atoms with E-state index in [9.17, 15) is 4.79 Å². The van der Waals surface area contributed by atoms with Crippen molar-refractivity contribution >= 4 is 17.5 Å². The molecule has 1 aromatic carbocycles. The van der Waals surface area contributed by atoms with Gasteiger partial charge in [-0.15, -0.1) is 0 Å². The van der Waals surface area contributed by atoms with Gasteiger partial charge in [0.15, 0.2) is 5.82 Å². The monoisotopic (exact) mass is 512 g/mol. The van der Waals surface area contributed by atoms with Gasteiger partial charge in [0.2, 0.25) is 5.91 Å². The van der Waals surface area contributed by atoms with Gasteiger partial charge < -0.3 is 23.8 Å². The molecular formula is C28H37FN4O4. The van der Waals surface area contributed by atoms with Gasteiger partial charge in [0, 0.05) is 49.6 Å². The van der Waals surface area contributed by atoms with Crippen LogP contribution >= 0.6 is 0 Å². The van der Waals surface area contributed by atoms with Crippen LogP contribution in [-0.2, 0) is 9.53 Å². The van der Waals surface area contributed by atoms with Gasteiger partial charge in [-0.05, 0) is 55.7 Å². The summed E-state index contributed by atoms with van der Waals surface area (Å²) in [5.41, 5.74) is 1.59. The number of hydrogen-bond acceptors (Lipinski definition) is 7. The van der Waals surface area contributed by atoms with E-state index >= 15 is 4.39 Å². The van der Waals surface area contributed by atoms with E-state index in [4.69, 9.17) is 14.0 Å². The van der Waals surface area contributed by atoms with Crippen molar-refractivity contribution in [2.75, 3.05) is 50.9 Å². The first-order valence-corrected chi connectivity index (χ1v) is 13.5. The fraction of sp³-hybridized carbons (Fsp3) is 0.607. The molecule has 3 aliphatic rings. The molecule has 1 aliphatic carbocycles. The zero-order chi connectivity index (χ0) is 25.8. The van der Waals surface area contributed by atoms with Crippen LogP contribution < -0.4 is 9.64 Å². The number of aromatic nitrogens is 2. The van der Waals surface area contributed by atoms with Crippen LogP contribution in [0.15, 0.2) is 28.8 Å². The van der Waals surface area contributed by atoms with E-state index in [1.54, 1.807) is 0 Å². The summed E-state index contributed by atoms with van der Waals surface area (Å²) >= 11 is 0. The van der Waals surface area contributed by atoms with Crippen LogP contribution in [0.1, 0.15) is 63.3 Å². The molecule has 5 rings (SSSR count). The third kappa shape index (κ3) is 6.14. The lowest BCUT2D eigenvalue weighted by Crippen LogP contribution is -2.44. The average Bonchev–Trinajstić information content (AvgIpc) is 3.43. The van der Waals surface area contributed by atoms with Gasteiger partial charge in [0.1, 0.15) is 11.6 Å². The third-order valence-electron chi connectivity index (χ3n) is 7.69. The standard InChI is InChI=1S/C28H37FN4O4/c1-19(2)26-30-28(37-31-26)33-11-9-20(10-12-33)18-36-23-7-8-24(25(29)17-23)21-3-5-22(6-4-21)27(34)32-13-15-35-16-14-32/h3,7-8,17,19-20,22H,4-6,9-16,18H2,1-2H3. The van der Waals surface area contributed by atoms with Crippen molar-refractivity contribution < 1.29 is 23.2 Å². The Morgan fingerprint density at radius 1 is 1.16 bits per heavy atom. The van der Waals surface area contributed by atoms with Crippen LogP contribution in [0.2, 0.25) is 0 Å². The third-order valence-corrected chi connectivity index (χ3v) is 7.69. The highest BCUT2D eigenvalue weighted by molar-refractivity contribution is 5.81. The van der Waals surface area contributed by atoms with Gasteiger partial charge in [-0.1, -0.05) is 25.1 Å². The summed E-state index contributed by atoms with van der Waals surface area (Å²) in [4.78, 5) is 21.3. The Labute approximate surface area is 217 Å². The van der Waals surface area contributed by atoms with Gasteiger partial charge in [-0.25, -0.2) is 4.39 Å². The highest BCUT2D eigenvalue weighted by atomic mass is 19.1. The van der Waals surface area contributed by atoms with E-state index in [2.05, 4.69) is 15.0 Å². The number of halogens is 1. The molecule has 0 radical (unpaired) electrons.